The summed E-state index contributed by atoms with van der Waals surface area (Å²) in [6.45, 7) is 3.85. The predicted molar refractivity (Wildman–Crippen MR) is 67.4 cm³/mol. The zero-order valence-corrected chi connectivity index (χ0v) is 10.2. The van der Waals surface area contributed by atoms with Crippen LogP contribution in [0.2, 0.25) is 0 Å². The van der Waals surface area contributed by atoms with Crippen LogP contribution in [0.1, 0.15) is 24.1 Å². The van der Waals surface area contributed by atoms with Crippen molar-refractivity contribution in [3.8, 4) is 0 Å². The van der Waals surface area contributed by atoms with Crippen molar-refractivity contribution in [1.82, 2.24) is 4.98 Å². The maximum absolute atomic E-state index is 13.1. The van der Waals surface area contributed by atoms with Crippen LogP contribution in [0.25, 0.3) is 0 Å². The maximum atomic E-state index is 13.1. The van der Waals surface area contributed by atoms with Crippen molar-refractivity contribution in [1.29, 1.82) is 0 Å². The van der Waals surface area contributed by atoms with Gasteiger partial charge in [0.2, 0.25) is 0 Å². The maximum Gasteiger partial charge on any atom is 0.159 e. The average Bonchev–Trinajstić information content (AvgIpc) is 2.35. The molecule has 0 aliphatic heterocycles. The largest absolute Gasteiger partial charge is 0.377 e. The molecule has 2 nitrogen and oxygen atoms in total. The molecule has 0 saturated heterocycles. The van der Waals surface area contributed by atoms with E-state index < -0.39 is 11.6 Å². The molecule has 0 spiro atoms. The SMILES string of the molecule is Cc1ccncc1NC(C)c1ccc(F)c(F)c1. The van der Waals surface area contributed by atoms with Crippen LogP contribution in [0.3, 0.4) is 0 Å². The van der Waals surface area contributed by atoms with E-state index >= 15 is 0 Å². The van der Waals surface area contributed by atoms with Crippen LogP contribution in [0.4, 0.5) is 14.5 Å². The van der Waals surface area contributed by atoms with Gasteiger partial charge in [0.25, 0.3) is 0 Å². The number of anilines is 1. The fraction of sp³-hybridized carbons (Fsp3) is 0.214. The zero-order chi connectivity index (χ0) is 13.1. The van der Waals surface area contributed by atoms with Crippen molar-refractivity contribution < 1.29 is 8.78 Å². The Balaban J connectivity index is 2.19. The highest BCUT2D eigenvalue weighted by molar-refractivity contribution is 5.49. The molecule has 0 aliphatic rings. The Morgan fingerprint density at radius 2 is 1.94 bits per heavy atom. The number of benzene rings is 1. The second-order valence-electron chi connectivity index (χ2n) is 4.23. The second-order valence-corrected chi connectivity index (χ2v) is 4.23. The normalized spacial score (nSPS) is 12.2. The third-order valence-electron chi connectivity index (χ3n) is 2.85. The van der Waals surface area contributed by atoms with Gasteiger partial charge in [-0.2, -0.15) is 0 Å². The average molecular weight is 248 g/mol. The molecule has 1 aromatic heterocycles. The first-order chi connectivity index (χ1) is 8.58. The van der Waals surface area contributed by atoms with Gasteiger partial charge in [-0.25, -0.2) is 8.78 Å². The van der Waals surface area contributed by atoms with Gasteiger partial charge in [0, 0.05) is 12.2 Å². The molecule has 0 amide bonds. The van der Waals surface area contributed by atoms with Crippen LogP contribution in [0.15, 0.2) is 36.7 Å². The van der Waals surface area contributed by atoms with E-state index in [2.05, 4.69) is 10.3 Å². The van der Waals surface area contributed by atoms with Crippen LogP contribution in [-0.2, 0) is 0 Å². The minimum atomic E-state index is -0.830. The van der Waals surface area contributed by atoms with Crippen molar-refractivity contribution in [3.05, 3.63) is 59.4 Å². The third-order valence-corrected chi connectivity index (χ3v) is 2.85. The van der Waals surface area contributed by atoms with Gasteiger partial charge in [-0.05, 0) is 43.2 Å². The Morgan fingerprint density at radius 3 is 2.61 bits per heavy atom. The van der Waals surface area contributed by atoms with Crippen molar-refractivity contribution in [2.75, 3.05) is 5.32 Å². The molecule has 1 atom stereocenters. The van der Waals surface area contributed by atoms with Gasteiger partial charge >= 0.3 is 0 Å². The molecular weight excluding hydrogens is 234 g/mol. The first kappa shape index (κ1) is 12.5. The minimum absolute atomic E-state index is 0.122. The summed E-state index contributed by atoms with van der Waals surface area (Å²) in [7, 11) is 0. The number of hydrogen-bond donors (Lipinski definition) is 1. The number of hydrogen-bond acceptors (Lipinski definition) is 2. The topological polar surface area (TPSA) is 24.9 Å². The highest BCUT2D eigenvalue weighted by Gasteiger charge is 2.10. The summed E-state index contributed by atoms with van der Waals surface area (Å²) >= 11 is 0. The minimum Gasteiger partial charge on any atom is -0.377 e. The van der Waals surface area contributed by atoms with Gasteiger partial charge in [-0.3, -0.25) is 4.98 Å². The van der Waals surface area contributed by atoms with E-state index in [1.807, 2.05) is 19.9 Å². The molecule has 1 N–H and O–H groups in total. The molecule has 0 bridgehead atoms. The van der Waals surface area contributed by atoms with Gasteiger partial charge in [-0.1, -0.05) is 6.07 Å². The number of nitrogens with zero attached hydrogens (tertiary/aromatic N) is 1. The van der Waals surface area contributed by atoms with Gasteiger partial charge in [0.05, 0.1) is 11.9 Å². The smallest absolute Gasteiger partial charge is 0.159 e. The molecule has 0 radical (unpaired) electrons. The Hall–Kier alpha value is -1.97. The molecule has 1 heterocycles. The number of rotatable bonds is 3. The lowest BCUT2D eigenvalue weighted by atomic mass is 10.1. The number of pyridine rings is 1. The summed E-state index contributed by atoms with van der Waals surface area (Å²) in [5.41, 5.74) is 2.63. The summed E-state index contributed by atoms with van der Waals surface area (Å²) in [6, 6.07) is 5.68. The molecule has 1 unspecified atom stereocenters. The fourth-order valence-electron chi connectivity index (χ4n) is 1.71. The molecule has 4 heteroatoms. The molecule has 2 aromatic rings. The van der Waals surface area contributed by atoms with E-state index in [0.29, 0.717) is 5.56 Å². The van der Waals surface area contributed by atoms with E-state index in [0.717, 1.165) is 17.3 Å². The highest BCUT2D eigenvalue weighted by Crippen LogP contribution is 2.22. The summed E-state index contributed by atoms with van der Waals surface area (Å²) in [5, 5.41) is 3.22. The van der Waals surface area contributed by atoms with Gasteiger partial charge in [0.1, 0.15) is 0 Å². The highest BCUT2D eigenvalue weighted by atomic mass is 19.2. The first-order valence-electron chi connectivity index (χ1n) is 5.70. The monoisotopic (exact) mass is 248 g/mol. The first-order valence-corrected chi connectivity index (χ1v) is 5.70. The van der Waals surface area contributed by atoms with Crippen molar-refractivity contribution in [2.24, 2.45) is 0 Å². The summed E-state index contributed by atoms with van der Waals surface area (Å²) in [6.07, 6.45) is 3.43. The van der Waals surface area contributed by atoms with Crippen molar-refractivity contribution >= 4 is 5.69 Å². The van der Waals surface area contributed by atoms with Crippen molar-refractivity contribution in [3.63, 3.8) is 0 Å². The Labute approximate surface area is 105 Å². The number of aryl methyl sites for hydroxylation is 1. The molecule has 0 saturated carbocycles. The van der Waals surface area contributed by atoms with E-state index in [4.69, 9.17) is 0 Å². The van der Waals surface area contributed by atoms with E-state index in [1.165, 1.54) is 6.07 Å². The van der Waals surface area contributed by atoms with Gasteiger partial charge in [0.15, 0.2) is 11.6 Å². The summed E-state index contributed by atoms with van der Waals surface area (Å²) < 4.78 is 26.0. The molecule has 2 rings (SSSR count). The summed E-state index contributed by atoms with van der Waals surface area (Å²) in [4.78, 5) is 4.03. The van der Waals surface area contributed by atoms with Crippen LogP contribution in [-0.4, -0.2) is 4.98 Å². The van der Waals surface area contributed by atoms with Crippen LogP contribution < -0.4 is 5.32 Å². The van der Waals surface area contributed by atoms with E-state index in [-0.39, 0.29) is 6.04 Å². The van der Waals surface area contributed by atoms with Crippen molar-refractivity contribution in [2.45, 2.75) is 19.9 Å². The molecule has 1 aromatic carbocycles. The predicted octanol–water partition coefficient (Wildman–Crippen LogP) is 3.84. The third kappa shape index (κ3) is 2.64. The van der Waals surface area contributed by atoms with Crippen LogP contribution in [0, 0.1) is 18.6 Å². The van der Waals surface area contributed by atoms with Crippen LogP contribution >= 0.6 is 0 Å². The molecule has 18 heavy (non-hydrogen) atoms. The van der Waals surface area contributed by atoms with Gasteiger partial charge < -0.3 is 5.32 Å². The lowest BCUT2D eigenvalue weighted by Gasteiger charge is -2.17. The van der Waals surface area contributed by atoms with Crippen LogP contribution in [0.5, 0.6) is 0 Å². The number of halogens is 2. The molecule has 0 aliphatic carbocycles. The Bertz CT molecular complexity index is 555. The number of nitrogens with one attached hydrogen (secondary N) is 1. The zero-order valence-electron chi connectivity index (χ0n) is 10.2. The quantitative estimate of drug-likeness (QED) is 0.892. The second kappa shape index (κ2) is 5.12. The molecular formula is C14H14F2N2. The fourth-order valence-corrected chi connectivity index (χ4v) is 1.71. The lowest BCUT2D eigenvalue weighted by molar-refractivity contribution is 0.506. The molecule has 94 valence electrons. The number of aromatic nitrogens is 1. The summed E-state index contributed by atoms with van der Waals surface area (Å²) in [5.74, 6) is -1.66. The Kier molecular flexibility index (Phi) is 3.55. The standard InChI is InChI=1S/C14H14F2N2/c1-9-5-6-17-8-14(9)18-10(2)11-3-4-12(15)13(16)7-11/h3-8,10,18H,1-2H3. The Morgan fingerprint density at radius 1 is 1.17 bits per heavy atom. The molecule has 0 fully saturated rings. The van der Waals surface area contributed by atoms with Gasteiger partial charge in [-0.15, -0.1) is 0 Å². The lowest BCUT2D eigenvalue weighted by Crippen LogP contribution is -2.08. The van der Waals surface area contributed by atoms with E-state index in [9.17, 15) is 8.78 Å². The van der Waals surface area contributed by atoms with E-state index in [1.54, 1.807) is 18.5 Å².